The number of nitrogens with zero attached hydrogens (tertiary/aromatic N) is 2. The van der Waals surface area contributed by atoms with Gasteiger partial charge in [-0.3, -0.25) is 4.90 Å². The number of hydrogen-bond acceptors (Lipinski definition) is 7. The van der Waals surface area contributed by atoms with Gasteiger partial charge in [0.15, 0.2) is 11.5 Å². The molecule has 3 rings (SSSR count). The first kappa shape index (κ1) is 19.8. The smallest absolute Gasteiger partial charge is 0.493 e. The fourth-order valence-electron chi connectivity index (χ4n) is 3.85. The molecule has 1 heterocycles. The van der Waals surface area contributed by atoms with E-state index >= 15 is 0 Å². The highest BCUT2D eigenvalue weighted by molar-refractivity contribution is 5.59. The molecule has 1 saturated carbocycles. The molecule has 0 amide bonds. The highest BCUT2D eigenvalue weighted by Crippen LogP contribution is 2.27. The second-order valence-electron chi connectivity index (χ2n) is 7.03. The summed E-state index contributed by atoms with van der Waals surface area (Å²) in [6, 6.07) is 6.38. The molecule has 0 unspecified atom stereocenters. The lowest BCUT2D eigenvalue weighted by atomic mass is 10.1. The molecule has 1 aliphatic heterocycles. The van der Waals surface area contributed by atoms with E-state index in [9.17, 15) is 4.79 Å². The Morgan fingerprint density at radius 1 is 1.04 bits per heavy atom. The summed E-state index contributed by atoms with van der Waals surface area (Å²) in [6.07, 6.45) is 5.25. The molecular weight excluding hydrogens is 348 g/mol. The largest absolute Gasteiger partial charge is 0.527 e. The second-order valence-corrected chi connectivity index (χ2v) is 7.03. The lowest BCUT2D eigenvalue weighted by molar-refractivity contribution is -0.149. The number of hydrogen-bond donors (Lipinski definition) is 0. The van der Waals surface area contributed by atoms with E-state index in [4.69, 9.17) is 19.0 Å². The van der Waals surface area contributed by atoms with Gasteiger partial charge < -0.3 is 19.0 Å². The zero-order valence-corrected chi connectivity index (χ0v) is 16.3. The summed E-state index contributed by atoms with van der Waals surface area (Å²) in [6.45, 7) is 3.63. The Morgan fingerprint density at radius 2 is 1.74 bits per heavy atom. The van der Waals surface area contributed by atoms with Crippen LogP contribution in [-0.2, 0) is 16.0 Å². The van der Waals surface area contributed by atoms with Gasteiger partial charge in [0.1, 0.15) is 0 Å². The molecule has 2 aliphatic rings. The molecule has 0 aromatic heterocycles. The van der Waals surface area contributed by atoms with E-state index < -0.39 is 6.16 Å². The van der Waals surface area contributed by atoms with Crippen molar-refractivity contribution in [2.24, 2.45) is 0 Å². The SMILES string of the molecule is COc1ccc(CCOC(=O)ON2CCN(C3CCCC3)CC2)cc1OC. The molecule has 0 radical (unpaired) electrons. The Kier molecular flexibility index (Phi) is 7.18. The molecule has 0 spiro atoms. The van der Waals surface area contributed by atoms with Crippen molar-refractivity contribution in [2.45, 2.75) is 38.1 Å². The van der Waals surface area contributed by atoms with E-state index in [2.05, 4.69) is 4.90 Å². The zero-order chi connectivity index (χ0) is 19.1. The lowest BCUT2D eigenvalue weighted by Crippen LogP contribution is -2.50. The maximum Gasteiger partial charge on any atom is 0.527 e. The second kappa shape index (κ2) is 9.80. The van der Waals surface area contributed by atoms with E-state index in [0.717, 1.165) is 37.8 Å². The third-order valence-electron chi connectivity index (χ3n) is 5.38. The van der Waals surface area contributed by atoms with E-state index in [0.29, 0.717) is 17.9 Å². The molecule has 2 fully saturated rings. The quantitative estimate of drug-likeness (QED) is 0.676. The van der Waals surface area contributed by atoms with Gasteiger partial charge in [-0.15, -0.1) is 5.06 Å². The predicted molar refractivity (Wildman–Crippen MR) is 101 cm³/mol. The standard InChI is InChI=1S/C20H30N2O5/c1-24-18-8-7-16(15-19(18)25-2)9-14-26-20(23)27-22-12-10-21(11-13-22)17-5-3-4-6-17/h7-8,15,17H,3-6,9-14H2,1-2H3. The molecular formula is C20H30N2O5. The van der Waals surface area contributed by atoms with Gasteiger partial charge in [-0.1, -0.05) is 18.9 Å². The van der Waals surface area contributed by atoms with Crippen molar-refractivity contribution in [3.8, 4) is 11.5 Å². The van der Waals surface area contributed by atoms with Crippen LogP contribution in [0.2, 0.25) is 0 Å². The van der Waals surface area contributed by atoms with Crippen LogP contribution in [0.1, 0.15) is 31.2 Å². The monoisotopic (exact) mass is 378 g/mol. The summed E-state index contributed by atoms with van der Waals surface area (Å²) in [4.78, 5) is 19.8. The third-order valence-corrected chi connectivity index (χ3v) is 5.38. The van der Waals surface area contributed by atoms with Gasteiger partial charge in [-0.05, 0) is 30.5 Å². The predicted octanol–water partition coefficient (Wildman–Crippen LogP) is 2.87. The maximum atomic E-state index is 11.9. The zero-order valence-electron chi connectivity index (χ0n) is 16.3. The van der Waals surface area contributed by atoms with Gasteiger partial charge in [0.2, 0.25) is 0 Å². The van der Waals surface area contributed by atoms with Crippen molar-refractivity contribution in [1.29, 1.82) is 0 Å². The molecule has 27 heavy (non-hydrogen) atoms. The Balaban J connectivity index is 1.35. The lowest BCUT2D eigenvalue weighted by Gasteiger charge is -2.36. The Morgan fingerprint density at radius 3 is 2.41 bits per heavy atom. The number of rotatable bonds is 7. The van der Waals surface area contributed by atoms with Gasteiger partial charge >= 0.3 is 6.16 Å². The molecule has 150 valence electrons. The minimum absolute atomic E-state index is 0.260. The fraction of sp³-hybridized carbons (Fsp3) is 0.650. The molecule has 0 atom stereocenters. The Bertz CT molecular complexity index is 610. The van der Waals surface area contributed by atoms with Gasteiger partial charge in [0.05, 0.1) is 20.8 Å². The molecule has 1 saturated heterocycles. The Labute approximate surface area is 161 Å². The highest BCUT2D eigenvalue weighted by atomic mass is 16.8. The van der Waals surface area contributed by atoms with Crippen molar-refractivity contribution in [2.75, 3.05) is 47.0 Å². The van der Waals surface area contributed by atoms with Crippen molar-refractivity contribution < 1.29 is 23.8 Å². The van der Waals surface area contributed by atoms with Gasteiger partial charge in [-0.2, -0.15) is 0 Å². The van der Waals surface area contributed by atoms with Crippen molar-refractivity contribution in [3.05, 3.63) is 23.8 Å². The van der Waals surface area contributed by atoms with E-state index in [-0.39, 0.29) is 6.61 Å². The topological polar surface area (TPSA) is 60.5 Å². The normalized spacial score (nSPS) is 19.0. The van der Waals surface area contributed by atoms with Crippen LogP contribution in [0.3, 0.4) is 0 Å². The van der Waals surface area contributed by atoms with E-state index in [1.807, 2.05) is 18.2 Å². The van der Waals surface area contributed by atoms with Crippen LogP contribution < -0.4 is 9.47 Å². The van der Waals surface area contributed by atoms with E-state index in [1.54, 1.807) is 19.3 Å². The number of methoxy groups -OCH3 is 2. The van der Waals surface area contributed by atoms with Crippen LogP contribution in [0, 0.1) is 0 Å². The van der Waals surface area contributed by atoms with Gasteiger partial charge in [-0.25, -0.2) is 4.79 Å². The fourth-order valence-corrected chi connectivity index (χ4v) is 3.85. The highest BCUT2D eigenvalue weighted by Gasteiger charge is 2.27. The number of hydroxylamine groups is 2. The Hall–Kier alpha value is -1.99. The summed E-state index contributed by atoms with van der Waals surface area (Å²) in [5.41, 5.74) is 1.01. The van der Waals surface area contributed by atoms with Gasteiger partial charge in [0.25, 0.3) is 0 Å². The minimum Gasteiger partial charge on any atom is -0.493 e. The van der Waals surface area contributed by atoms with Crippen LogP contribution in [0.15, 0.2) is 18.2 Å². The van der Waals surface area contributed by atoms with Crippen LogP contribution in [0.4, 0.5) is 4.79 Å². The molecule has 0 N–H and O–H groups in total. The van der Waals surface area contributed by atoms with Crippen LogP contribution in [0.25, 0.3) is 0 Å². The van der Waals surface area contributed by atoms with Crippen molar-refractivity contribution in [1.82, 2.24) is 9.96 Å². The summed E-state index contributed by atoms with van der Waals surface area (Å²) in [7, 11) is 3.20. The summed E-state index contributed by atoms with van der Waals surface area (Å²) >= 11 is 0. The van der Waals surface area contributed by atoms with Crippen molar-refractivity contribution >= 4 is 6.16 Å². The molecule has 1 aromatic rings. The number of carbonyl (C=O) groups is 1. The molecule has 7 nitrogen and oxygen atoms in total. The third kappa shape index (κ3) is 5.49. The molecule has 7 heteroatoms. The summed E-state index contributed by atoms with van der Waals surface area (Å²) in [5, 5.41) is 1.71. The first-order valence-corrected chi connectivity index (χ1v) is 9.74. The van der Waals surface area contributed by atoms with Crippen LogP contribution in [-0.4, -0.2) is 69.2 Å². The van der Waals surface area contributed by atoms with Crippen molar-refractivity contribution in [3.63, 3.8) is 0 Å². The average Bonchev–Trinajstić information content (AvgIpc) is 3.23. The van der Waals surface area contributed by atoms with Crippen LogP contribution in [0.5, 0.6) is 11.5 Å². The number of piperazine rings is 1. The van der Waals surface area contributed by atoms with Crippen LogP contribution >= 0.6 is 0 Å². The maximum absolute atomic E-state index is 11.9. The average molecular weight is 378 g/mol. The first-order valence-electron chi connectivity index (χ1n) is 9.74. The molecule has 1 aromatic carbocycles. The van der Waals surface area contributed by atoms with Gasteiger partial charge in [0, 0.05) is 38.6 Å². The number of benzene rings is 1. The molecule has 1 aliphatic carbocycles. The summed E-state index contributed by atoms with van der Waals surface area (Å²) < 4.78 is 15.7. The summed E-state index contributed by atoms with van der Waals surface area (Å²) in [5.74, 6) is 1.34. The molecule has 0 bridgehead atoms. The minimum atomic E-state index is -0.634. The van der Waals surface area contributed by atoms with E-state index in [1.165, 1.54) is 25.7 Å². The number of carbonyl (C=O) groups excluding carboxylic acids is 1. The number of ether oxygens (including phenoxy) is 3. The first-order chi connectivity index (χ1) is 13.2.